The lowest BCUT2D eigenvalue weighted by Crippen LogP contribution is -2.52. The quantitative estimate of drug-likeness (QED) is 0.516. The number of fused-ring (bicyclic) bond motifs is 1. The molecule has 36 heavy (non-hydrogen) atoms. The molecule has 0 radical (unpaired) electrons. The van der Waals surface area contributed by atoms with Crippen molar-refractivity contribution in [3.05, 3.63) is 70.5 Å². The predicted molar refractivity (Wildman–Crippen MR) is 140 cm³/mol. The first-order chi connectivity index (χ1) is 17.6. The summed E-state index contributed by atoms with van der Waals surface area (Å²) in [7, 11) is 0. The Morgan fingerprint density at radius 2 is 1.69 bits per heavy atom. The van der Waals surface area contributed by atoms with Gasteiger partial charge in [0.2, 0.25) is 11.5 Å². The zero-order valence-corrected chi connectivity index (χ0v) is 20.4. The number of piperidine rings is 1. The number of amides is 2. The Kier molecular flexibility index (Phi) is 7.32. The van der Waals surface area contributed by atoms with Crippen LogP contribution in [0.3, 0.4) is 0 Å². The normalized spacial score (nSPS) is 16.9. The van der Waals surface area contributed by atoms with Gasteiger partial charge < -0.3 is 24.4 Å². The Bertz CT molecular complexity index is 1280. The summed E-state index contributed by atoms with van der Waals surface area (Å²) in [5, 5.41) is 0.777. The number of likely N-dealkylation sites (tertiary alicyclic amines) is 1. The number of carbonyl (C=O) groups excluding carboxylic acids is 2. The van der Waals surface area contributed by atoms with Crippen molar-refractivity contribution in [2.45, 2.75) is 25.7 Å². The Morgan fingerprint density at radius 1 is 0.889 bits per heavy atom. The molecule has 0 saturated carbocycles. The molecule has 0 unspecified atom stereocenters. The van der Waals surface area contributed by atoms with Crippen LogP contribution in [0.2, 0.25) is 0 Å². The average molecular weight is 489 g/mol. The largest absolute Gasteiger partial charge is 0.494 e. The van der Waals surface area contributed by atoms with Crippen molar-refractivity contribution in [1.29, 1.82) is 0 Å². The highest BCUT2D eigenvalue weighted by Crippen LogP contribution is 2.23. The van der Waals surface area contributed by atoms with Gasteiger partial charge in [0.1, 0.15) is 12.3 Å². The van der Waals surface area contributed by atoms with Gasteiger partial charge >= 0.3 is 0 Å². The number of piperazine rings is 1. The van der Waals surface area contributed by atoms with Gasteiger partial charge in [-0.1, -0.05) is 18.6 Å². The first-order valence-corrected chi connectivity index (χ1v) is 12.8. The molecule has 2 aromatic carbocycles. The van der Waals surface area contributed by atoms with Gasteiger partial charge in [0.05, 0.1) is 17.7 Å². The molecule has 1 N–H and O–H groups in total. The minimum atomic E-state index is -0.266. The molecule has 5 rings (SSSR count). The van der Waals surface area contributed by atoms with Crippen molar-refractivity contribution < 1.29 is 14.3 Å². The molecule has 8 nitrogen and oxygen atoms in total. The number of aromatic nitrogens is 1. The summed E-state index contributed by atoms with van der Waals surface area (Å²) in [6.07, 6.45) is 4.95. The van der Waals surface area contributed by atoms with Crippen molar-refractivity contribution in [1.82, 2.24) is 14.8 Å². The molecule has 0 aliphatic carbocycles. The molecule has 0 atom stereocenters. The maximum absolute atomic E-state index is 13.2. The van der Waals surface area contributed by atoms with Crippen LogP contribution in [0.15, 0.2) is 59.4 Å². The third kappa shape index (κ3) is 5.44. The zero-order chi connectivity index (χ0) is 24.9. The number of hydrogen-bond donors (Lipinski definition) is 1. The molecule has 2 aliphatic rings. The first-order valence-electron chi connectivity index (χ1n) is 12.8. The number of H-pyrrole nitrogens is 1. The van der Waals surface area contributed by atoms with Crippen molar-refractivity contribution in [3.8, 4) is 5.75 Å². The summed E-state index contributed by atoms with van der Waals surface area (Å²) >= 11 is 0. The third-order valence-electron chi connectivity index (χ3n) is 6.98. The van der Waals surface area contributed by atoms with E-state index < -0.39 is 0 Å². The van der Waals surface area contributed by atoms with Crippen molar-refractivity contribution in [2.24, 2.45) is 0 Å². The molecule has 188 valence electrons. The second-order valence-electron chi connectivity index (χ2n) is 9.46. The predicted octanol–water partition coefficient (Wildman–Crippen LogP) is 3.27. The summed E-state index contributed by atoms with van der Waals surface area (Å²) < 4.78 is 5.90. The van der Waals surface area contributed by atoms with Gasteiger partial charge in [0.25, 0.3) is 5.91 Å². The van der Waals surface area contributed by atoms with Crippen LogP contribution in [0.1, 0.15) is 36.0 Å². The Labute approximate surface area is 210 Å². The number of para-hydroxylation sites is 1. The van der Waals surface area contributed by atoms with Crippen molar-refractivity contribution in [2.75, 3.05) is 50.8 Å². The van der Waals surface area contributed by atoms with Gasteiger partial charge in [-0.05, 0) is 74.1 Å². The number of carbonyl (C=O) groups is 2. The molecule has 3 heterocycles. The number of benzene rings is 2. The van der Waals surface area contributed by atoms with E-state index in [1.165, 1.54) is 38.4 Å². The minimum absolute atomic E-state index is 0.0129. The summed E-state index contributed by atoms with van der Waals surface area (Å²) in [6, 6.07) is 16.0. The van der Waals surface area contributed by atoms with E-state index in [2.05, 4.69) is 9.88 Å². The molecular formula is C28H32N4O4. The number of rotatable bonds is 7. The van der Waals surface area contributed by atoms with Crippen LogP contribution in [0, 0.1) is 0 Å². The fourth-order valence-corrected chi connectivity index (χ4v) is 5.03. The van der Waals surface area contributed by atoms with Crippen molar-refractivity contribution in [3.63, 3.8) is 0 Å². The van der Waals surface area contributed by atoms with E-state index in [4.69, 9.17) is 4.74 Å². The number of hydrogen-bond acceptors (Lipinski definition) is 5. The fraction of sp³-hybridized carbons (Fsp3) is 0.393. The summed E-state index contributed by atoms with van der Waals surface area (Å²) in [6.45, 7) is 4.95. The van der Waals surface area contributed by atoms with Crippen LogP contribution in [0.25, 0.3) is 10.9 Å². The maximum atomic E-state index is 13.2. The fourth-order valence-electron chi connectivity index (χ4n) is 5.03. The highest BCUT2D eigenvalue weighted by molar-refractivity contribution is 6.07. The average Bonchev–Trinajstić information content (AvgIpc) is 2.91. The monoisotopic (exact) mass is 488 g/mol. The number of pyridine rings is 1. The minimum Gasteiger partial charge on any atom is -0.494 e. The van der Waals surface area contributed by atoms with E-state index >= 15 is 0 Å². The lowest BCUT2D eigenvalue weighted by Gasteiger charge is -2.34. The van der Waals surface area contributed by atoms with Crippen LogP contribution in [0.4, 0.5) is 5.69 Å². The standard InChI is InChI=1S/C28H32N4O4/c33-25-13-8-21-6-4-7-24(27(21)29-25)28(35)31-17-18-32(26(34)20-31)22-9-11-23(12-10-22)36-19-5-16-30-14-2-1-3-15-30/h4,6-13H,1-3,5,14-20H2,(H,29,33). The molecule has 3 aromatic rings. The van der Waals surface area contributed by atoms with Crippen LogP contribution in [-0.2, 0) is 4.79 Å². The Balaban J connectivity index is 1.16. The lowest BCUT2D eigenvalue weighted by atomic mass is 10.1. The number of ether oxygens (including phenoxy) is 1. The van der Waals surface area contributed by atoms with Gasteiger partial charge in [-0.25, -0.2) is 0 Å². The number of nitrogens with zero attached hydrogens (tertiary/aromatic N) is 3. The maximum Gasteiger partial charge on any atom is 0.256 e. The first kappa shape index (κ1) is 24.1. The van der Waals surface area contributed by atoms with E-state index in [1.807, 2.05) is 30.3 Å². The van der Waals surface area contributed by atoms with E-state index in [-0.39, 0.29) is 23.9 Å². The van der Waals surface area contributed by atoms with E-state index in [1.54, 1.807) is 28.0 Å². The molecule has 0 bridgehead atoms. The van der Waals surface area contributed by atoms with Crippen LogP contribution < -0.4 is 15.2 Å². The topological polar surface area (TPSA) is 85.9 Å². The van der Waals surface area contributed by atoms with Crippen LogP contribution in [0.5, 0.6) is 5.75 Å². The molecule has 8 heteroatoms. The molecule has 2 saturated heterocycles. The van der Waals surface area contributed by atoms with E-state index in [0.717, 1.165) is 29.8 Å². The smallest absolute Gasteiger partial charge is 0.256 e. The van der Waals surface area contributed by atoms with E-state index in [0.29, 0.717) is 30.8 Å². The van der Waals surface area contributed by atoms with Crippen molar-refractivity contribution >= 4 is 28.4 Å². The van der Waals surface area contributed by atoms with Crippen LogP contribution in [-0.4, -0.2) is 72.5 Å². The highest BCUT2D eigenvalue weighted by atomic mass is 16.5. The highest BCUT2D eigenvalue weighted by Gasteiger charge is 2.29. The number of aromatic amines is 1. The summed E-state index contributed by atoms with van der Waals surface area (Å²) in [4.78, 5) is 46.4. The molecular weight excluding hydrogens is 456 g/mol. The van der Waals surface area contributed by atoms with Crippen LogP contribution >= 0.6 is 0 Å². The Hall–Kier alpha value is -3.65. The molecule has 1 aromatic heterocycles. The van der Waals surface area contributed by atoms with Gasteiger partial charge in [-0.3, -0.25) is 14.4 Å². The summed E-state index contributed by atoms with van der Waals surface area (Å²) in [5.41, 5.74) is 1.42. The van der Waals surface area contributed by atoms with Gasteiger partial charge in [-0.2, -0.15) is 0 Å². The third-order valence-corrected chi connectivity index (χ3v) is 6.98. The van der Waals surface area contributed by atoms with Gasteiger partial charge in [-0.15, -0.1) is 0 Å². The number of nitrogens with one attached hydrogen (secondary N) is 1. The number of anilines is 1. The van der Waals surface area contributed by atoms with Gasteiger partial charge in [0.15, 0.2) is 0 Å². The molecule has 2 amide bonds. The molecule has 0 spiro atoms. The Morgan fingerprint density at radius 3 is 2.47 bits per heavy atom. The molecule has 2 aliphatic heterocycles. The second-order valence-corrected chi connectivity index (χ2v) is 9.46. The lowest BCUT2D eigenvalue weighted by molar-refractivity contribution is -0.120. The summed E-state index contributed by atoms with van der Waals surface area (Å²) in [5.74, 6) is 0.394. The second kappa shape index (κ2) is 11.0. The SMILES string of the molecule is O=C(c1cccc2ccc(=O)[nH]c12)N1CCN(c2ccc(OCCCN3CCCCC3)cc2)C(=O)C1. The molecule has 2 fully saturated rings. The van der Waals surface area contributed by atoms with Gasteiger partial charge in [0, 0.05) is 31.4 Å². The van der Waals surface area contributed by atoms with E-state index in [9.17, 15) is 14.4 Å². The zero-order valence-electron chi connectivity index (χ0n) is 20.4.